The Bertz CT molecular complexity index is 662. The maximum atomic E-state index is 12.5. The number of aliphatic hydroxyl groups is 1. The SMILES string of the molecule is Cc1ncc(CN(CCO)C(=O)CCCc2ccc(C(C)C)cc2)[nH]1. The Morgan fingerprint density at radius 2 is 2.00 bits per heavy atom. The Kier molecular flexibility index (Phi) is 7.19. The number of imidazole rings is 1. The summed E-state index contributed by atoms with van der Waals surface area (Å²) in [6.07, 6.45) is 3.92. The van der Waals surface area contributed by atoms with E-state index in [4.69, 9.17) is 0 Å². The standard InChI is InChI=1S/C20H29N3O2/c1-15(2)18-9-7-17(8-10-18)5-4-6-20(25)23(11-12-24)14-19-13-21-16(3)22-19/h7-10,13,15,24H,4-6,11-12,14H2,1-3H3,(H,21,22). The zero-order valence-corrected chi connectivity index (χ0v) is 15.5. The smallest absolute Gasteiger partial charge is 0.223 e. The van der Waals surface area contributed by atoms with Crippen LogP contribution in [-0.2, 0) is 17.8 Å². The molecule has 1 amide bonds. The van der Waals surface area contributed by atoms with Gasteiger partial charge >= 0.3 is 0 Å². The molecule has 0 aliphatic carbocycles. The lowest BCUT2D eigenvalue weighted by molar-refractivity contribution is -0.132. The number of carbonyl (C=O) groups is 1. The van der Waals surface area contributed by atoms with Crippen LogP contribution in [0.2, 0.25) is 0 Å². The van der Waals surface area contributed by atoms with Crippen LogP contribution in [0, 0.1) is 6.92 Å². The van der Waals surface area contributed by atoms with E-state index in [1.807, 2.05) is 6.92 Å². The van der Waals surface area contributed by atoms with Crippen molar-refractivity contribution in [1.29, 1.82) is 0 Å². The molecule has 0 saturated carbocycles. The number of hydrogen-bond acceptors (Lipinski definition) is 3. The highest BCUT2D eigenvalue weighted by atomic mass is 16.3. The molecule has 0 fully saturated rings. The van der Waals surface area contributed by atoms with E-state index in [0.29, 0.717) is 25.4 Å². The zero-order valence-electron chi connectivity index (χ0n) is 15.5. The summed E-state index contributed by atoms with van der Waals surface area (Å²) in [6, 6.07) is 8.64. The van der Waals surface area contributed by atoms with Crippen LogP contribution in [0.3, 0.4) is 0 Å². The summed E-state index contributed by atoms with van der Waals surface area (Å²) in [4.78, 5) is 21.4. The van der Waals surface area contributed by atoms with Crippen molar-refractivity contribution >= 4 is 5.91 Å². The summed E-state index contributed by atoms with van der Waals surface area (Å²) >= 11 is 0. The molecule has 0 bridgehead atoms. The van der Waals surface area contributed by atoms with E-state index in [2.05, 4.69) is 48.1 Å². The van der Waals surface area contributed by atoms with Crippen LogP contribution in [0.4, 0.5) is 0 Å². The third-order valence-electron chi connectivity index (χ3n) is 4.34. The average Bonchev–Trinajstić information content (AvgIpc) is 3.00. The molecule has 5 heteroatoms. The minimum atomic E-state index is -0.0322. The largest absolute Gasteiger partial charge is 0.395 e. The fourth-order valence-electron chi connectivity index (χ4n) is 2.84. The van der Waals surface area contributed by atoms with Crippen LogP contribution < -0.4 is 0 Å². The number of benzene rings is 1. The lowest BCUT2D eigenvalue weighted by Gasteiger charge is -2.21. The van der Waals surface area contributed by atoms with Crippen molar-refractivity contribution < 1.29 is 9.90 Å². The van der Waals surface area contributed by atoms with Crippen molar-refractivity contribution in [3.05, 3.63) is 53.1 Å². The number of aryl methyl sites for hydroxylation is 2. The molecule has 0 aliphatic heterocycles. The summed E-state index contributed by atoms with van der Waals surface area (Å²) in [5.41, 5.74) is 3.49. The third-order valence-corrected chi connectivity index (χ3v) is 4.34. The lowest BCUT2D eigenvalue weighted by atomic mass is 10.00. The number of carbonyl (C=O) groups excluding carboxylic acids is 1. The molecular weight excluding hydrogens is 314 g/mol. The van der Waals surface area contributed by atoms with Crippen molar-refractivity contribution in [3.8, 4) is 0 Å². The molecule has 2 rings (SSSR count). The summed E-state index contributed by atoms with van der Waals surface area (Å²) in [5.74, 6) is 1.44. The second-order valence-corrected chi connectivity index (χ2v) is 6.78. The maximum Gasteiger partial charge on any atom is 0.223 e. The van der Waals surface area contributed by atoms with E-state index in [1.165, 1.54) is 11.1 Å². The van der Waals surface area contributed by atoms with Gasteiger partial charge in [0.2, 0.25) is 5.91 Å². The van der Waals surface area contributed by atoms with Gasteiger partial charge in [-0.2, -0.15) is 0 Å². The quantitative estimate of drug-likeness (QED) is 0.735. The van der Waals surface area contributed by atoms with Crippen molar-refractivity contribution in [3.63, 3.8) is 0 Å². The van der Waals surface area contributed by atoms with Crippen molar-refractivity contribution in [2.45, 2.75) is 52.5 Å². The van der Waals surface area contributed by atoms with Crippen LogP contribution in [0.15, 0.2) is 30.5 Å². The van der Waals surface area contributed by atoms with Crippen LogP contribution in [0.5, 0.6) is 0 Å². The molecule has 1 heterocycles. The summed E-state index contributed by atoms with van der Waals surface area (Å²) in [5, 5.41) is 9.22. The van der Waals surface area contributed by atoms with E-state index in [9.17, 15) is 9.90 Å². The lowest BCUT2D eigenvalue weighted by Crippen LogP contribution is -2.33. The number of nitrogens with one attached hydrogen (secondary N) is 1. The minimum Gasteiger partial charge on any atom is -0.395 e. The highest BCUT2D eigenvalue weighted by Gasteiger charge is 2.14. The predicted molar refractivity (Wildman–Crippen MR) is 99.3 cm³/mol. The fraction of sp³-hybridized carbons (Fsp3) is 0.500. The van der Waals surface area contributed by atoms with E-state index < -0.39 is 0 Å². The molecule has 2 aromatic rings. The summed E-state index contributed by atoms with van der Waals surface area (Å²) < 4.78 is 0. The van der Waals surface area contributed by atoms with Gasteiger partial charge in [0, 0.05) is 13.0 Å². The van der Waals surface area contributed by atoms with Gasteiger partial charge in [-0.1, -0.05) is 38.1 Å². The topological polar surface area (TPSA) is 69.2 Å². The van der Waals surface area contributed by atoms with Gasteiger partial charge < -0.3 is 15.0 Å². The van der Waals surface area contributed by atoms with Gasteiger partial charge in [0.15, 0.2) is 0 Å². The van der Waals surface area contributed by atoms with Gasteiger partial charge in [-0.25, -0.2) is 4.98 Å². The van der Waals surface area contributed by atoms with E-state index in [-0.39, 0.29) is 12.5 Å². The zero-order chi connectivity index (χ0) is 18.2. The number of aromatic nitrogens is 2. The van der Waals surface area contributed by atoms with Gasteiger partial charge in [-0.3, -0.25) is 4.79 Å². The first-order valence-electron chi connectivity index (χ1n) is 8.97. The van der Waals surface area contributed by atoms with Crippen molar-refractivity contribution in [2.24, 2.45) is 0 Å². The third kappa shape index (κ3) is 6.02. The predicted octanol–water partition coefficient (Wildman–Crippen LogP) is 3.19. The van der Waals surface area contributed by atoms with Gasteiger partial charge in [0.25, 0.3) is 0 Å². The molecule has 5 nitrogen and oxygen atoms in total. The van der Waals surface area contributed by atoms with Crippen LogP contribution >= 0.6 is 0 Å². The maximum absolute atomic E-state index is 12.5. The van der Waals surface area contributed by atoms with Crippen LogP contribution in [0.25, 0.3) is 0 Å². The first kappa shape index (κ1) is 19.2. The number of aliphatic hydroxyl groups excluding tert-OH is 1. The summed E-state index contributed by atoms with van der Waals surface area (Å²) in [7, 11) is 0. The van der Waals surface area contributed by atoms with Gasteiger partial charge in [-0.15, -0.1) is 0 Å². The summed E-state index contributed by atoms with van der Waals surface area (Å²) in [6.45, 7) is 7.03. The highest BCUT2D eigenvalue weighted by Crippen LogP contribution is 2.16. The molecule has 0 atom stereocenters. The van der Waals surface area contributed by atoms with E-state index >= 15 is 0 Å². The Balaban J connectivity index is 1.83. The fourth-order valence-corrected chi connectivity index (χ4v) is 2.84. The van der Waals surface area contributed by atoms with E-state index in [0.717, 1.165) is 24.4 Å². The van der Waals surface area contributed by atoms with Gasteiger partial charge in [0.05, 0.1) is 25.0 Å². The molecule has 1 aromatic carbocycles. The molecule has 25 heavy (non-hydrogen) atoms. The van der Waals surface area contributed by atoms with Gasteiger partial charge in [-0.05, 0) is 36.8 Å². The second kappa shape index (κ2) is 9.37. The Morgan fingerprint density at radius 1 is 1.28 bits per heavy atom. The molecule has 1 aromatic heterocycles. The van der Waals surface area contributed by atoms with E-state index in [1.54, 1.807) is 11.1 Å². The molecule has 2 N–H and O–H groups in total. The first-order chi connectivity index (χ1) is 12.0. The number of aromatic amines is 1. The molecule has 0 saturated heterocycles. The normalized spacial score (nSPS) is 11.1. The molecular formula is C20H29N3O2. The molecule has 0 aliphatic rings. The minimum absolute atomic E-state index is 0.0322. The highest BCUT2D eigenvalue weighted by molar-refractivity contribution is 5.76. The number of hydrogen-bond donors (Lipinski definition) is 2. The van der Waals surface area contributed by atoms with Crippen LogP contribution in [0.1, 0.15) is 55.3 Å². The Morgan fingerprint density at radius 3 is 2.56 bits per heavy atom. The van der Waals surface area contributed by atoms with Crippen LogP contribution in [-0.4, -0.2) is 39.0 Å². The van der Waals surface area contributed by atoms with Crippen molar-refractivity contribution in [2.75, 3.05) is 13.2 Å². The number of nitrogens with zero attached hydrogens (tertiary/aromatic N) is 2. The molecule has 136 valence electrons. The number of rotatable bonds is 9. The number of H-pyrrole nitrogens is 1. The number of amides is 1. The monoisotopic (exact) mass is 343 g/mol. The Labute approximate surface area is 150 Å². The molecule has 0 radical (unpaired) electrons. The average molecular weight is 343 g/mol. The first-order valence-corrected chi connectivity index (χ1v) is 8.97. The molecule has 0 spiro atoms. The Hall–Kier alpha value is -2.14. The second-order valence-electron chi connectivity index (χ2n) is 6.78. The van der Waals surface area contributed by atoms with Crippen molar-refractivity contribution in [1.82, 2.24) is 14.9 Å². The van der Waals surface area contributed by atoms with Gasteiger partial charge in [0.1, 0.15) is 5.82 Å². The molecule has 0 unspecified atom stereocenters.